The van der Waals surface area contributed by atoms with Gasteiger partial charge < -0.3 is 23.7 Å². The van der Waals surface area contributed by atoms with E-state index in [1.54, 1.807) is 33.5 Å². The van der Waals surface area contributed by atoms with Gasteiger partial charge in [-0.3, -0.25) is 4.79 Å². The van der Waals surface area contributed by atoms with Gasteiger partial charge in [0.1, 0.15) is 0 Å². The zero-order valence-electron chi connectivity index (χ0n) is 16.6. The minimum absolute atomic E-state index is 0.0437. The third-order valence-corrected chi connectivity index (χ3v) is 5.51. The largest absolute Gasteiger partial charge is 0.493 e. The fraction of sp³-hybridized carbons (Fsp3) is 0.318. The van der Waals surface area contributed by atoms with Crippen molar-refractivity contribution in [3.05, 3.63) is 53.2 Å². The van der Waals surface area contributed by atoms with Gasteiger partial charge in [0, 0.05) is 54.3 Å². The van der Waals surface area contributed by atoms with Crippen LogP contribution in [-0.4, -0.2) is 43.2 Å². The van der Waals surface area contributed by atoms with E-state index in [4.69, 9.17) is 14.2 Å². The average molecular weight is 380 g/mol. The Hall–Kier alpha value is -3.15. The smallest absolute Gasteiger partial charge is 0.254 e. The van der Waals surface area contributed by atoms with Crippen LogP contribution in [0.15, 0.2) is 36.4 Å². The van der Waals surface area contributed by atoms with Crippen LogP contribution < -0.4 is 14.2 Å². The summed E-state index contributed by atoms with van der Waals surface area (Å²) in [5.41, 5.74) is 4.26. The standard InChI is InChI=1S/C22H24N2O4/c1-23-17-8-6-5-7-15(17)16-13-24(10-9-18(16)23)22(25)14-11-19(26-2)21(28-4)20(12-14)27-3/h5-8,11-12H,9-10,13H2,1-4H3. The van der Waals surface area contributed by atoms with E-state index in [0.717, 1.165) is 6.42 Å². The zero-order valence-corrected chi connectivity index (χ0v) is 16.6. The Morgan fingerprint density at radius 1 is 1.00 bits per heavy atom. The molecule has 0 aliphatic carbocycles. The van der Waals surface area contributed by atoms with Gasteiger partial charge in [-0.2, -0.15) is 0 Å². The lowest BCUT2D eigenvalue weighted by atomic mass is 10.0. The first-order valence-corrected chi connectivity index (χ1v) is 9.23. The molecule has 3 aromatic rings. The first-order valence-electron chi connectivity index (χ1n) is 9.23. The number of para-hydroxylation sites is 1. The zero-order chi connectivity index (χ0) is 19.8. The summed E-state index contributed by atoms with van der Waals surface area (Å²) in [5, 5.41) is 1.21. The van der Waals surface area contributed by atoms with Gasteiger partial charge in [0.05, 0.1) is 21.3 Å². The maximum absolute atomic E-state index is 13.3. The highest BCUT2D eigenvalue weighted by Gasteiger charge is 2.27. The number of hydrogen-bond acceptors (Lipinski definition) is 4. The summed E-state index contributed by atoms with van der Waals surface area (Å²) >= 11 is 0. The number of hydrogen-bond donors (Lipinski definition) is 0. The number of fused-ring (bicyclic) bond motifs is 3. The van der Waals surface area contributed by atoms with Gasteiger partial charge in [-0.25, -0.2) is 0 Å². The average Bonchev–Trinajstić information content (AvgIpc) is 3.04. The molecule has 28 heavy (non-hydrogen) atoms. The fourth-order valence-electron chi connectivity index (χ4n) is 4.09. The van der Waals surface area contributed by atoms with Gasteiger partial charge in [0.25, 0.3) is 5.91 Å². The molecular formula is C22H24N2O4. The Kier molecular flexibility index (Phi) is 4.63. The predicted molar refractivity (Wildman–Crippen MR) is 107 cm³/mol. The number of aryl methyl sites for hydroxylation is 1. The lowest BCUT2D eigenvalue weighted by molar-refractivity contribution is 0.0733. The van der Waals surface area contributed by atoms with Crippen molar-refractivity contribution in [2.45, 2.75) is 13.0 Å². The number of nitrogens with zero attached hydrogens (tertiary/aromatic N) is 2. The summed E-state index contributed by atoms with van der Waals surface area (Å²) in [7, 11) is 6.75. The fourth-order valence-corrected chi connectivity index (χ4v) is 4.09. The molecule has 0 atom stereocenters. The second kappa shape index (κ2) is 7.11. The third kappa shape index (κ3) is 2.76. The van der Waals surface area contributed by atoms with E-state index in [-0.39, 0.29) is 5.91 Å². The van der Waals surface area contributed by atoms with Crippen molar-refractivity contribution in [1.82, 2.24) is 9.47 Å². The number of ether oxygens (including phenoxy) is 3. The summed E-state index contributed by atoms with van der Waals surface area (Å²) in [6.07, 6.45) is 0.830. The SMILES string of the molecule is COc1cc(C(=O)N2CCc3c(c4ccccc4n3C)C2)cc(OC)c1OC. The lowest BCUT2D eigenvalue weighted by Gasteiger charge is -2.28. The molecule has 0 spiro atoms. The first kappa shape index (κ1) is 18.2. The molecular weight excluding hydrogens is 356 g/mol. The van der Waals surface area contributed by atoms with Crippen LogP contribution in [0.5, 0.6) is 17.2 Å². The molecule has 0 bridgehead atoms. The molecule has 1 aromatic heterocycles. The number of carbonyl (C=O) groups excluding carboxylic acids is 1. The van der Waals surface area contributed by atoms with E-state index in [1.807, 2.05) is 17.0 Å². The molecule has 0 unspecified atom stereocenters. The highest BCUT2D eigenvalue weighted by molar-refractivity contribution is 5.96. The number of benzene rings is 2. The third-order valence-electron chi connectivity index (χ3n) is 5.51. The minimum Gasteiger partial charge on any atom is -0.493 e. The summed E-state index contributed by atoms with van der Waals surface area (Å²) in [6, 6.07) is 11.8. The van der Waals surface area contributed by atoms with Crippen LogP contribution in [0.4, 0.5) is 0 Å². The molecule has 0 saturated heterocycles. The number of methoxy groups -OCH3 is 3. The molecule has 1 amide bonds. The van der Waals surface area contributed by atoms with E-state index in [2.05, 4.69) is 23.7 Å². The van der Waals surface area contributed by atoms with Gasteiger partial charge >= 0.3 is 0 Å². The van der Waals surface area contributed by atoms with Crippen LogP contribution in [0.2, 0.25) is 0 Å². The number of rotatable bonds is 4. The summed E-state index contributed by atoms with van der Waals surface area (Å²) in [6.45, 7) is 1.26. The summed E-state index contributed by atoms with van der Waals surface area (Å²) in [4.78, 5) is 15.1. The number of aromatic nitrogens is 1. The van der Waals surface area contributed by atoms with Crippen LogP contribution in [0.1, 0.15) is 21.6 Å². The molecule has 6 nitrogen and oxygen atoms in total. The van der Waals surface area contributed by atoms with Crippen molar-refractivity contribution in [3.8, 4) is 17.2 Å². The topological polar surface area (TPSA) is 52.9 Å². The van der Waals surface area contributed by atoms with Crippen LogP contribution in [0.3, 0.4) is 0 Å². The Bertz CT molecular complexity index is 1030. The van der Waals surface area contributed by atoms with Gasteiger partial charge in [-0.15, -0.1) is 0 Å². The van der Waals surface area contributed by atoms with E-state index in [0.29, 0.717) is 35.9 Å². The van der Waals surface area contributed by atoms with Crippen LogP contribution in [0.25, 0.3) is 10.9 Å². The minimum atomic E-state index is -0.0437. The maximum atomic E-state index is 13.3. The molecule has 4 rings (SSSR count). The summed E-state index contributed by atoms with van der Waals surface area (Å²) in [5.74, 6) is 1.40. The Morgan fingerprint density at radius 3 is 2.32 bits per heavy atom. The first-order chi connectivity index (χ1) is 13.6. The van der Waals surface area contributed by atoms with E-state index in [1.165, 1.54) is 22.2 Å². The lowest BCUT2D eigenvalue weighted by Crippen LogP contribution is -2.36. The molecule has 6 heteroatoms. The van der Waals surface area contributed by atoms with Crippen LogP contribution in [0, 0.1) is 0 Å². The molecule has 2 heterocycles. The monoisotopic (exact) mass is 380 g/mol. The van der Waals surface area contributed by atoms with Gasteiger partial charge in [-0.05, 0) is 18.2 Å². The maximum Gasteiger partial charge on any atom is 0.254 e. The number of carbonyl (C=O) groups is 1. The number of amides is 1. The molecule has 0 fully saturated rings. The van der Waals surface area contributed by atoms with Crippen molar-refractivity contribution >= 4 is 16.8 Å². The quantitative estimate of drug-likeness (QED) is 0.696. The molecule has 0 radical (unpaired) electrons. The second-order valence-corrected chi connectivity index (χ2v) is 6.89. The van der Waals surface area contributed by atoms with Crippen molar-refractivity contribution in [1.29, 1.82) is 0 Å². The molecule has 0 N–H and O–H groups in total. The van der Waals surface area contributed by atoms with Gasteiger partial charge in [-0.1, -0.05) is 18.2 Å². The molecule has 0 saturated carbocycles. The Balaban J connectivity index is 1.70. The predicted octanol–water partition coefficient (Wildman–Crippen LogP) is 3.40. The van der Waals surface area contributed by atoms with E-state index in [9.17, 15) is 4.79 Å². The highest BCUT2D eigenvalue weighted by atomic mass is 16.5. The van der Waals surface area contributed by atoms with Crippen molar-refractivity contribution in [3.63, 3.8) is 0 Å². The normalized spacial score (nSPS) is 13.4. The van der Waals surface area contributed by atoms with Gasteiger partial charge in [0.2, 0.25) is 5.75 Å². The van der Waals surface area contributed by atoms with Crippen molar-refractivity contribution in [2.24, 2.45) is 7.05 Å². The Morgan fingerprint density at radius 2 is 1.68 bits per heavy atom. The van der Waals surface area contributed by atoms with Crippen molar-refractivity contribution in [2.75, 3.05) is 27.9 Å². The molecule has 146 valence electrons. The Labute approximate surface area is 164 Å². The summed E-state index contributed by atoms with van der Waals surface area (Å²) < 4.78 is 18.4. The molecule has 1 aliphatic heterocycles. The van der Waals surface area contributed by atoms with Crippen LogP contribution >= 0.6 is 0 Å². The molecule has 2 aromatic carbocycles. The van der Waals surface area contributed by atoms with Crippen molar-refractivity contribution < 1.29 is 19.0 Å². The van der Waals surface area contributed by atoms with E-state index >= 15 is 0 Å². The molecule has 1 aliphatic rings. The second-order valence-electron chi connectivity index (χ2n) is 6.89. The highest BCUT2D eigenvalue weighted by Crippen LogP contribution is 2.39. The van der Waals surface area contributed by atoms with Crippen LogP contribution in [-0.2, 0) is 20.0 Å². The van der Waals surface area contributed by atoms with Gasteiger partial charge in [0.15, 0.2) is 11.5 Å². The van der Waals surface area contributed by atoms with E-state index < -0.39 is 0 Å².